The first-order valence-corrected chi connectivity index (χ1v) is 11.0. The summed E-state index contributed by atoms with van der Waals surface area (Å²) in [7, 11) is -0.375. The lowest BCUT2D eigenvalue weighted by Crippen LogP contribution is -2.65. The summed E-state index contributed by atoms with van der Waals surface area (Å²) >= 11 is 0. The average molecular weight is 378 g/mol. The Morgan fingerprint density at radius 3 is 2.59 bits per heavy atom. The molecule has 6 heteroatoms. The van der Waals surface area contributed by atoms with Crippen LogP contribution in [0.2, 0.25) is 0 Å². The third-order valence-corrected chi connectivity index (χ3v) is 7.56. The summed E-state index contributed by atoms with van der Waals surface area (Å²) in [5, 5.41) is 3.16. The monoisotopic (exact) mass is 378 g/mol. The van der Waals surface area contributed by atoms with Gasteiger partial charge in [-0.1, -0.05) is 47.5 Å². The molecule has 3 saturated carbocycles. The highest BCUT2D eigenvalue weighted by molar-refractivity contribution is 6.47. The summed E-state index contributed by atoms with van der Waals surface area (Å²) in [6.45, 7) is 13.4. The molecule has 1 saturated heterocycles. The van der Waals surface area contributed by atoms with Crippen molar-refractivity contribution in [2.45, 2.75) is 104 Å². The van der Waals surface area contributed by atoms with Gasteiger partial charge in [-0.15, -0.1) is 0 Å². The van der Waals surface area contributed by atoms with E-state index in [0.717, 1.165) is 38.0 Å². The van der Waals surface area contributed by atoms with Gasteiger partial charge in [-0.2, -0.15) is 0 Å². The van der Waals surface area contributed by atoms with Crippen LogP contribution in [0.3, 0.4) is 0 Å². The number of unbranched alkanes of at least 4 members (excludes halogenated alkanes) is 1. The highest BCUT2D eigenvalue weighted by Crippen LogP contribution is 2.65. The molecular weight excluding hydrogens is 339 g/mol. The van der Waals surface area contributed by atoms with E-state index in [2.05, 4.69) is 46.9 Å². The number of hydrogen-bond acceptors (Lipinski definition) is 4. The van der Waals surface area contributed by atoms with E-state index in [0.29, 0.717) is 17.3 Å². The second-order valence-corrected chi connectivity index (χ2v) is 10.3. The zero-order valence-electron chi connectivity index (χ0n) is 18.1. The molecule has 1 heterocycles. The molecule has 4 rings (SSSR count). The van der Waals surface area contributed by atoms with E-state index in [1.54, 1.807) is 0 Å². The SMILES string of the molecule is CCCC[C@H](N)C(=O)N[C@@H](CC(C)C)B1O[C@@H]2C[C@@H]3C[C@@H](C3(C)C)[C@]2(C)O1. The van der Waals surface area contributed by atoms with Crippen molar-refractivity contribution in [2.24, 2.45) is 28.9 Å². The number of nitrogens with one attached hydrogen (secondary N) is 1. The lowest BCUT2D eigenvalue weighted by atomic mass is 9.43. The molecule has 1 aliphatic heterocycles. The summed E-state index contributed by atoms with van der Waals surface area (Å²) in [5.41, 5.74) is 6.17. The lowest BCUT2D eigenvalue weighted by Gasteiger charge is -2.64. The molecule has 3 N–H and O–H groups in total. The van der Waals surface area contributed by atoms with E-state index in [9.17, 15) is 4.79 Å². The van der Waals surface area contributed by atoms with E-state index in [-0.39, 0.29) is 30.7 Å². The maximum atomic E-state index is 12.6. The van der Waals surface area contributed by atoms with Gasteiger partial charge in [0.25, 0.3) is 0 Å². The Morgan fingerprint density at radius 1 is 1.30 bits per heavy atom. The minimum atomic E-state index is -0.453. The Labute approximate surface area is 165 Å². The molecule has 0 radical (unpaired) electrons. The normalized spacial score (nSPS) is 36.1. The zero-order valence-corrected chi connectivity index (χ0v) is 18.1. The molecule has 2 bridgehead atoms. The average Bonchev–Trinajstić information content (AvgIpc) is 2.95. The van der Waals surface area contributed by atoms with Gasteiger partial charge < -0.3 is 20.4 Å². The third kappa shape index (κ3) is 3.82. The summed E-state index contributed by atoms with van der Waals surface area (Å²) in [6, 6.07) is -0.453. The van der Waals surface area contributed by atoms with Gasteiger partial charge in [0.05, 0.1) is 23.7 Å². The molecule has 0 unspecified atom stereocenters. The molecule has 0 spiro atoms. The summed E-state index contributed by atoms with van der Waals surface area (Å²) in [4.78, 5) is 12.6. The fourth-order valence-electron chi connectivity index (χ4n) is 5.66. The highest BCUT2D eigenvalue weighted by Gasteiger charge is 2.68. The zero-order chi connectivity index (χ0) is 20.0. The van der Waals surface area contributed by atoms with E-state index < -0.39 is 6.04 Å². The van der Waals surface area contributed by atoms with E-state index in [1.165, 1.54) is 6.42 Å². The molecule has 27 heavy (non-hydrogen) atoms. The fraction of sp³-hybridized carbons (Fsp3) is 0.952. The van der Waals surface area contributed by atoms with Crippen LogP contribution in [-0.4, -0.2) is 36.7 Å². The van der Waals surface area contributed by atoms with Gasteiger partial charge in [-0.25, -0.2) is 0 Å². The highest BCUT2D eigenvalue weighted by atomic mass is 16.7. The van der Waals surface area contributed by atoms with Crippen molar-refractivity contribution in [3.05, 3.63) is 0 Å². The molecule has 4 aliphatic rings. The second-order valence-electron chi connectivity index (χ2n) is 10.3. The Kier molecular flexibility index (Phi) is 6.01. The third-order valence-electron chi connectivity index (χ3n) is 7.56. The van der Waals surface area contributed by atoms with Gasteiger partial charge in [0.15, 0.2) is 0 Å². The van der Waals surface area contributed by atoms with Crippen LogP contribution in [0.15, 0.2) is 0 Å². The minimum absolute atomic E-state index is 0.0778. The Hall–Kier alpha value is -0.585. The van der Waals surface area contributed by atoms with Gasteiger partial charge in [0.2, 0.25) is 5.91 Å². The van der Waals surface area contributed by atoms with Crippen LogP contribution in [-0.2, 0) is 14.1 Å². The largest absolute Gasteiger partial charge is 0.481 e. The summed E-state index contributed by atoms with van der Waals surface area (Å²) in [5.74, 6) is 1.47. The molecule has 1 amide bonds. The molecule has 0 aromatic carbocycles. The van der Waals surface area contributed by atoms with Crippen molar-refractivity contribution in [1.29, 1.82) is 0 Å². The molecule has 0 aromatic heterocycles. The Morgan fingerprint density at radius 2 is 2.00 bits per heavy atom. The number of hydrogen-bond donors (Lipinski definition) is 2. The smallest absolute Gasteiger partial charge is 0.404 e. The molecular formula is C21H39BN2O3. The number of carbonyl (C=O) groups excluding carboxylic acids is 1. The van der Waals surface area contributed by atoms with Crippen molar-refractivity contribution in [1.82, 2.24) is 5.32 Å². The molecule has 154 valence electrons. The van der Waals surface area contributed by atoms with Gasteiger partial charge in [0, 0.05) is 0 Å². The van der Waals surface area contributed by atoms with Crippen LogP contribution >= 0.6 is 0 Å². The van der Waals surface area contributed by atoms with E-state index >= 15 is 0 Å². The van der Waals surface area contributed by atoms with Crippen LogP contribution in [0.5, 0.6) is 0 Å². The number of amides is 1. The van der Waals surface area contributed by atoms with Crippen molar-refractivity contribution in [2.75, 3.05) is 0 Å². The molecule has 4 fully saturated rings. The number of rotatable bonds is 8. The minimum Gasteiger partial charge on any atom is -0.404 e. The predicted molar refractivity (Wildman–Crippen MR) is 109 cm³/mol. The van der Waals surface area contributed by atoms with Crippen LogP contribution in [0, 0.1) is 23.2 Å². The summed E-state index contributed by atoms with van der Waals surface area (Å²) < 4.78 is 13.0. The van der Waals surface area contributed by atoms with Crippen LogP contribution in [0.25, 0.3) is 0 Å². The fourth-order valence-corrected chi connectivity index (χ4v) is 5.66. The first-order chi connectivity index (χ1) is 12.6. The van der Waals surface area contributed by atoms with Crippen molar-refractivity contribution < 1.29 is 14.1 Å². The molecule has 5 nitrogen and oxygen atoms in total. The van der Waals surface area contributed by atoms with Gasteiger partial charge in [0.1, 0.15) is 0 Å². The van der Waals surface area contributed by atoms with E-state index in [1.807, 2.05) is 0 Å². The molecule has 6 atom stereocenters. The standard InChI is InChI=1S/C21H39BN2O3/c1-7-8-9-15(23)19(25)24-18(10-13(2)3)22-26-17-12-14-11-16(20(14,4)5)21(17,6)27-22/h13-18H,7-12,23H2,1-6H3,(H,24,25)/t14-,15-,16-,17+,18-,21-/m0/s1. The summed E-state index contributed by atoms with van der Waals surface area (Å²) in [6.07, 6.45) is 6.01. The maximum absolute atomic E-state index is 12.6. The van der Waals surface area contributed by atoms with Crippen LogP contribution in [0.1, 0.15) is 80.1 Å². The van der Waals surface area contributed by atoms with Crippen LogP contribution < -0.4 is 11.1 Å². The topological polar surface area (TPSA) is 73.6 Å². The van der Waals surface area contributed by atoms with Crippen molar-refractivity contribution in [3.8, 4) is 0 Å². The first-order valence-electron chi connectivity index (χ1n) is 11.0. The Balaban J connectivity index is 1.68. The first kappa shape index (κ1) is 21.1. The second kappa shape index (κ2) is 7.68. The van der Waals surface area contributed by atoms with Crippen molar-refractivity contribution in [3.63, 3.8) is 0 Å². The Bertz CT molecular complexity index is 556. The van der Waals surface area contributed by atoms with Crippen molar-refractivity contribution >= 4 is 13.0 Å². The lowest BCUT2D eigenvalue weighted by molar-refractivity contribution is -0.199. The van der Waals surface area contributed by atoms with Gasteiger partial charge in [-0.3, -0.25) is 4.79 Å². The maximum Gasteiger partial charge on any atom is 0.481 e. The van der Waals surface area contributed by atoms with Crippen LogP contribution in [0.4, 0.5) is 0 Å². The predicted octanol–water partition coefficient (Wildman–Crippen LogP) is 3.30. The number of carbonyl (C=O) groups is 1. The van der Waals surface area contributed by atoms with Gasteiger partial charge >= 0.3 is 7.12 Å². The molecule has 0 aromatic rings. The van der Waals surface area contributed by atoms with Gasteiger partial charge in [-0.05, 0) is 55.8 Å². The number of nitrogens with two attached hydrogens (primary N) is 1. The molecule has 3 aliphatic carbocycles. The quantitative estimate of drug-likeness (QED) is 0.636. The van der Waals surface area contributed by atoms with E-state index in [4.69, 9.17) is 15.0 Å².